The van der Waals surface area contributed by atoms with E-state index in [1.807, 2.05) is 0 Å². The van der Waals surface area contributed by atoms with Crippen LogP contribution in [0.25, 0.3) is 0 Å². The van der Waals surface area contributed by atoms with Crippen molar-refractivity contribution in [3.05, 3.63) is 29.3 Å². The Kier molecular flexibility index (Phi) is 2.83. The summed E-state index contributed by atoms with van der Waals surface area (Å²) >= 11 is 5.80. The normalized spacial score (nSPS) is 20.2. The van der Waals surface area contributed by atoms with Crippen molar-refractivity contribution in [2.75, 3.05) is 11.4 Å². The molecule has 1 aliphatic rings. The maximum Gasteiger partial charge on any atom is 0.227 e. The molecule has 16 heavy (non-hydrogen) atoms. The van der Waals surface area contributed by atoms with Gasteiger partial charge in [-0.3, -0.25) is 4.79 Å². The molecule has 0 bridgehead atoms. The van der Waals surface area contributed by atoms with Gasteiger partial charge in [0.1, 0.15) is 0 Å². The van der Waals surface area contributed by atoms with Gasteiger partial charge in [-0.15, -0.1) is 0 Å². The van der Waals surface area contributed by atoms with Crippen LogP contribution < -0.4 is 10.0 Å². The number of carboxylic acids is 1. The van der Waals surface area contributed by atoms with Gasteiger partial charge in [-0.05, 0) is 18.2 Å². The molecule has 0 radical (unpaired) electrons. The molecular formula is C11H9ClNO3-. The highest BCUT2D eigenvalue weighted by Crippen LogP contribution is 2.26. The summed E-state index contributed by atoms with van der Waals surface area (Å²) in [6, 6.07) is 6.78. The summed E-state index contributed by atoms with van der Waals surface area (Å²) in [7, 11) is 0. The summed E-state index contributed by atoms with van der Waals surface area (Å²) in [5, 5.41) is 11.2. The molecule has 1 fully saturated rings. The van der Waals surface area contributed by atoms with E-state index in [-0.39, 0.29) is 18.9 Å². The molecule has 1 aliphatic heterocycles. The number of hydrogen-bond acceptors (Lipinski definition) is 3. The first kappa shape index (κ1) is 11.0. The van der Waals surface area contributed by atoms with Gasteiger partial charge >= 0.3 is 0 Å². The summed E-state index contributed by atoms with van der Waals surface area (Å²) in [6.45, 7) is 0.154. The zero-order valence-electron chi connectivity index (χ0n) is 8.35. The average Bonchev–Trinajstić information content (AvgIpc) is 2.60. The number of nitrogens with zero attached hydrogens (tertiary/aromatic N) is 1. The van der Waals surface area contributed by atoms with Crippen LogP contribution in [0.15, 0.2) is 24.3 Å². The van der Waals surface area contributed by atoms with E-state index >= 15 is 0 Å². The first-order chi connectivity index (χ1) is 7.58. The molecular weight excluding hydrogens is 230 g/mol. The molecule has 1 aromatic rings. The van der Waals surface area contributed by atoms with Crippen molar-refractivity contribution in [3.8, 4) is 0 Å². The monoisotopic (exact) mass is 238 g/mol. The first-order valence-corrected chi connectivity index (χ1v) is 5.22. The smallest absolute Gasteiger partial charge is 0.227 e. The molecule has 0 aliphatic carbocycles. The van der Waals surface area contributed by atoms with Gasteiger partial charge in [-0.1, -0.05) is 17.7 Å². The maximum atomic E-state index is 11.6. The highest BCUT2D eigenvalue weighted by atomic mass is 35.5. The summed E-state index contributed by atoms with van der Waals surface area (Å²) in [6.07, 6.45) is -0.00511. The Morgan fingerprint density at radius 2 is 2.25 bits per heavy atom. The van der Waals surface area contributed by atoms with Crippen molar-refractivity contribution in [2.45, 2.75) is 6.42 Å². The second kappa shape index (κ2) is 4.14. The minimum absolute atomic E-state index is 0.00511. The van der Waals surface area contributed by atoms with E-state index in [2.05, 4.69) is 0 Å². The number of amides is 1. The van der Waals surface area contributed by atoms with Gasteiger partial charge in [-0.25, -0.2) is 0 Å². The third kappa shape index (κ3) is 2.02. The van der Waals surface area contributed by atoms with Crippen LogP contribution >= 0.6 is 11.6 Å². The van der Waals surface area contributed by atoms with Crippen molar-refractivity contribution in [1.29, 1.82) is 0 Å². The van der Waals surface area contributed by atoms with Crippen LogP contribution in [0.3, 0.4) is 0 Å². The fourth-order valence-corrected chi connectivity index (χ4v) is 1.94. The Morgan fingerprint density at radius 1 is 1.50 bits per heavy atom. The standard InChI is InChI=1S/C11H10ClNO3/c12-8-2-1-3-9(5-8)13-6-7(11(15)16)4-10(13)14/h1-3,5,7H,4,6H2,(H,15,16)/p-1. The number of carboxylic acid groups (broad SMARTS) is 1. The van der Waals surface area contributed by atoms with Crippen molar-refractivity contribution in [3.63, 3.8) is 0 Å². The molecule has 4 nitrogen and oxygen atoms in total. The van der Waals surface area contributed by atoms with E-state index in [4.69, 9.17) is 11.6 Å². The van der Waals surface area contributed by atoms with Crippen LogP contribution in [0, 0.1) is 5.92 Å². The Balaban J connectivity index is 2.23. The van der Waals surface area contributed by atoms with Gasteiger partial charge in [0, 0.05) is 35.6 Å². The maximum absolute atomic E-state index is 11.6. The van der Waals surface area contributed by atoms with Crippen molar-refractivity contribution in [2.24, 2.45) is 5.92 Å². The Morgan fingerprint density at radius 3 is 2.81 bits per heavy atom. The molecule has 0 N–H and O–H groups in total. The van der Waals surface area contributed by atoms with Crippen LogP contribution in [0.4, 0.5) is 5.69 Å². The molecule has 1 heterocycles. The van der Waals surface area contributed by atoms with Crippen LogP contribution in [-0.4, -0.2) is 18.4 Å². The molecule has 1 unspecified atom stereocenters. The molecule has 5 heteroatoms. The Bertz CT molecular complexity index is 447. The van der Waals surface area contributed by atoms with Gasteiger partial charge in [0.2, 0.25) is 5.91 Å². The number of rotatable bonds is 2. The quantitative estimate of drug-likeness (QED) is 0.751. The van der Waals surface area contributed by atoms with E-state index < -0.39 is 11.9 Å². The molecule has 0 spiro atoms. The predicted octanol–water partition coefficient (Wildman–Crippen LogP) is 0.443. The lowest BCUT2D eigenvalue weighted by Crippen LogP contribution is -2.33. The van der Waals surface area contributed by atoms with Crippen LogP contribution in [0.5, 0.6) is 0 Å². The Hall–Kier alpha value is -1.55. The molecule has 1 atom stereocenters. The van der Waals surface area contributed by atoms with E-state index in [1.54, 1.807) is 24.3 Å². The number of benzene rings is 1. The first-order valence-electron chi connectivity index (χ1n) is 4.84. The predicted molar refractivity (Wildman–Crippen MR) is 56.9 cm³/mol. The number of hydrogen-bond donors (Lipinski definition) is 0. The van der Waals surface area contributed by atoms with E-state index in [0.717, 1.165) is 0 Å². The van der Waals surface area contributed by atoms with Crippen molar-refractivity contribution < 1.29 is 14.7 Å². The van der Waals surface area contributed by atoms with E-state index in [0.29, 0.717) is 10.7 Å². The van der Waals surface area contributed by atoms with Crippen molar-refractivity contribution >= 4 is 29.2 Å². The fourth-order valence-electron chi connectivity index (χ4n) is 1.76. The topological polar surface area (TPSA) is 60.4 Å². The van der Waals surface area contributed by atoms with Gasteiger partial charge < -0.3 is 14.8 Å². The second-order valence-corrected chi connectivity index (χ2v) is 4.14. The molecule has 2 rings (SSSR count). The van der Waals surface area contributed by atoms with Crippen LogP contribution in [-0.2, 0) is 9.59 Å². The highest BCUT2D eigenvalue weighted by Gasteiger charge is 2.31. The zero-order valence-corrected chi connectivity index (χ0v) is 9.11. The summed E-state index contributed by atoms with van der Waals surface area (Å²) < 4.78 is 0. The van der Waals surface area contributed by atoms with E-state index in [9.17, 15) is 14.7 Å². The second-order valence-electron chi connectivity index (χ2n) is 3.70. The number of anilines is 1. The number of carbonyl (C=O) groups excluding carboxylic acids is 2. The average molecular weight is 239 g/mol. The van der Waals surface area contributed by atoms with Crippen LogP contribution in [0.1, 0.15) is 6.42 Å². The molecule has 0 aromatic heterocycles. The SMILES string of the molecule is O=C([O-])C1CC(=O)N(c2cccc(Cl)c2)C1. The van der Waals surface area contributed by atoms with Gasteiger partial charge in [0.25, 0.3) is 0 Å². The molecule has 1 saturated heterocycles. The minimum Gasteiger partial charge on any atom is -0.550 e. The molecule has 84 valence electrons. The lowest BCUT2D eigenvalue weighted by atomic mass is 10.1. The summed E-state index contributed by atoms with van der Waals surface area (Å²) in [5.41, 5.74) is 0.626. The largest absolute Gasteiger partial charge is 0.550 e. The van der Waals surface area contributed by atoms with Gasteiger partial charge in [-0.2, -0.15) is 0 Å². The minimum atomic E-state index is -1.18. The summed E-state index contributed by atoms with van der Waals surface area (Å²) in [5.74, 6) is -2.12. The summed E-state index contributed by atoms with van der Waals surface area (Å²) in [4.78, 5) is 23.7. The van der Waals surface area contributed by atoms with E-state index in [1.165, 1.54) is 4.90 Å². The number of carbonyl (C=O) groups is 2. The fraction of sp³-hybridized carbons (Fsp3) is 0.273. The molecule has 1 aromatic carbocycles. The molecule has 1 amide bonds. The lowest BCUT2D eigenvalue weighted by molar-refractivity contribution is -0.310. The third-order valence-electron chi connectivity index (χ3n) is 2.58. The zero-order chi connectivity index (χ0) is 11.7. The number of halogens is 1. The highest BCUT2D eigenvalue weighted by molar-refractivity contribution is 6.30. The van der Waals surface area contributed by atoms with Crippen molar-refractivity contribution in [1.82, 2.24) is 0 Å². The number of aliphatic carboxylic acids is 1. The van der Waals surface area contributed by atoms with Gasteiger partial charge in [0.15, 0.2) is 0 Å². The Labute approximate surface area is 97.4 Å². The van der Waals surface area contributed by atoms with Crippen LogP contribution in [0.2, 0.25) is 5.02 Å². The van der Waals surface area contributed by atoms with Gasteiger partial charge in [0.05, 0.1) is 0 Å². The third-order valence-corrected chi connectivity index (χ3v) is 2.81. The lowest BCUT2D eigenvalue weighted by Gasteiger charge is -2.17. The molecule has 0 saturated carbocycles.